The van der Waals surface area contributed by atoms with Crippen LogP contribution in [-0.4, -0.2) is 0 Å². The Balaban J connectivity index is 1.01. The third-order valence-electron chi connectivity index (χ3n) is 14.1. The second-order valence-electron chi connectivity index (χ2n) is 17.5. The van der Waals surface area contributed by atoms with Gasteiger partial charge in [-0.15, -0.1) is 0 Å². The predicted molar refractivity (Wildman–Crippen MR) is 270 cm³/mol. The molecular weight excluding hydrogens is 771 g/mol. The zero-order chi connectivity index (χ0) is 42.5. The van der Waals surface area contributed by atoms with Crippen molar-refractivity contribution in [3.05, 3.63) is 248 Å². The number of anilines is 3. The Morgan fingerprint density at radius 3 is 1.50 bits per heavy atom. The van der Waals surface area contributed by atoms with E-state index in [1.165, 1.54) is 120 Å². The molecule has 2 aliphatic rings. The minimum absolute atomic E-state index is 0.0593. The maximum Gasteiger partial charge on any atom is 0.0543 e. The zero-order valence-electron chi connectivity index (χ0n) is 35.8. The van der Waals surface area contributed by atoms with Crippen LogP contribution < -0.4 is 4.90 Å². The van der Waals surface area contributed by atoms with E-state index in [4.69, 9.17) is 0 Å². The van der Waals surface area contributed by atoms with Gasteiger partial charge in [-0.1, -0.05) is 219 Å². The number of para-hydroxylation sites is 1. The molecule has 0 aromatic heterocycles. The van der Waals surface area contributed by atoms with Crippen LogP contribution in [-0.2, 0) is 5.41 Å². The average molecular weight is 818 g/mol. The zero-order valence-corrected chi connectivity index (χ0v) is 35.8. The lowest BCUT2D eigenvalue weighted by Crippen LogP contribution is -2.20. The van der Waals surface area contributed by atoms with Crippen molar-refractivity contribution in [2.75, 3.05) is 4.90 Å². The van der Waals surface area contributed by atoms with Crippen molar-refractivity contribution >= 4 is 27.8 Å². The average Bonchev–Trinajstić information content (AvgIpc) is 3.98. The topological polar surface area (TPSA) is 3.24 Å². The summed E-state index contributed by atoms with van der Waals surface area (Å²) in [7, 11) is 0. The van der Waals surface area contributed by atoms with Gasteiger partial charge in [-0.25, -0.2) is 0 Å². The lowest BCUT2D eigenvalue weighted by molar-refractivity contribution is 0.550. The van der Waals surface area contributed by atoms with Crippen molar-refractivity contribution in [1.82, 2.24) is 0 Å². The van der Waals surface area contributed by atoms with Crippen molar-refractivity contribution in [3.8, 4) is 66.8 Å². The molecular formula is C63H47N. The smallest absolute Gasteiger partial charge is 0.0543 e. The van der Waals surface area contributed by atoms with E-state index in [1.54, 1.807) is 0 Å². The Morgan fingerprint density at radius 2 is 0.781 bits per heavy atom. The fourth-order valence-electron chi connectivity index (χ4n) is 11.1. The lowest BCUT2D eigenvalue weighted by Gasteiger charge is -2.31. The number of benzene rings is 10. The monoisotopic (exact) mass is 817 g/mol. The predicted octanol–water partition coefficient (Wildman–Crippen LogP) is 17.5. The number of nitrogens with zero attached hydrogens (tertiary/aromatic N) is 1. The van der Waals surface area contributed by atoms with Gasteiger partial charge < -0.3 is 4.90 Å². The normalized spacial score (nSPS) is 13.5. The van der Waals surface area contributed by atoms with Crippen molar-refractivity contribution in [1.29, 1.82) is 0 Å². The third kappa shape index (κ3) is 6.39. The van der Waals surface area contributed by atoms with Crippen molar-refractivity contribution in [2.45, 2.75) is 31.1 Å². The molecule has 0 saturated heterocycles. The molecule has 0 unspecified atom stereocenters. The molecule has 304 valence electrons. The van der Waals surface area contributed by atoms with E-state index in [-0.39, 0.29) is 5.41 Å². The Kier molecular flexibility index (Phi) is 9.42. The van der Waals surface area contributed by atoms with Gasteiger partial charge in [0, 0.05) is 22.2 Å². The molecule has 0 amide bonds. The van der Waals surface area contributed by atoms with Gasteiger partial charge >= 0.3 is 0 Å². The Morgan fingerprint density at radius 1 is 0.297 bits per heavy atom. The van der Waals surface area contributed by atoms with Crippen molar-refractivity contribution < 1.29 is 0 Å². The minimum atomic E-state index is 0.0593. The summed E-state index contributed by atoms with van der Waals surface area (Å²) in [5.41, 5.74) is 21.4. The molecule has 0 N–H and O–H groups in total. The van der Waals surface area contributed by atoms with E-state index in [0.29, 0.717) is 0 Å². The van der Waals surface area contributed by atoms with E-state index >= 15 is 0 Å². The van der Waals surface area contributed by atoms with Crippen LogP contribution in [0.25, 0.3) is 77.5 Å². The van der Waals surface area contributed by atoms with E-state index < -0.39 is 0 Å². The quantitative estimate of drug-likeness (QED) is 0.148. The lowest BCUT2D eigenvalue weighted by atomic mass is 9.77. The maximum atomic E-state index is 2.55. The van der Waals surface area contributed by atoms with Gasteiger partial charge in [0.1, 0.15) is 0 Å². The molecule has 1 nitrogen and oxygen atoms in total. The molecule has 12 rings (SSSR count). The van der Waals surface area contributed by atoms with Crippen LogP contribution in [0.5, 0.6) is 0 Å². The summed E-state index contributed by atoms with van der Waals surface area (Å²) in [4.78, 5) is 2.55. The van der Waals surface area contributed by atoms with Gasteiger partial charge in [0.25, 0.3) is 0 Å². The summed E-state index contributed by atoms with van der Waals surface area (Å²) < 4.78 is 0. The summed E-state index contributed by atoms with van der Waals surface area (Å²) in [5, 5.41) is 2.53. The first-order valence-electron chi connectivity index (χ1n) is 22.8. The molecule has 0 aliphatic heterocycles. The Labute approximate surface area is 376 Å². The number of hydrogen-bond donors (Lipinski definition) is 0. The van der Waals surface area contributed by atoms with Crippen LogP contribution in [0.3, 0.4) is 0 Å². The van der Waals surface area contributed by atoms with Crippen LogP contribution in [0.2, 0.25) is 0 Å². The molecule has 10 aromatic carbocycles. The SMILES string of the molecule is c1ccc(-c2ccccc2-c2ccccc2-c2ccccc2N(c2ccc(-c3ccc(-c4ccc5ccccc5c4)cc3)cc2)c2cccc3c2-c2ccccc2C32CCCC2)cc1. The Bertz CT molecular complexity index is 3320. The second-order valence-corrected chi connectivity index (χ2v) is 17.5. The first-order valence-corrected chi connectivity index (χ1v) is 22.8. The summed E-state index contributed by atoms with van der Waals surface area (Å²) in [5.74, 6) is 0. The highest BCUT2D eigenvalue weighted by Gasteiger charge is 2.46. The molecule has 0 bridgehead atoms. The molecule has 0 heterocycles. The fraction of sp³-hybridized carbons (Fsp3) is 0.0794. The first-order chi connectivity index (χ1) is 31.7. The van der Waals surface area contributed by atoms with Crippen LogP contribution in [0, 0.1) is 0 Å². The molecule has 1 heteroatoms. The number of rotatable bonds is 8. The van der Waals surface area contributed by atoms with Crippen LogP contribution >= 0.6 is 0 Å². The summed E-state index contributed by atoms with van der Waals surface area (Å²) in [6.07, 6.45) is 4.91. The molecule has 0 radical (unpaired) electrons. The molecule has 64 heavy (non-hydrogen) atoms. The molecule has 0 atom stereocenters. The largest absolute Gasteiger partial charge is 0.309 e. The van der Waals surface area contributed by atoms with Crippen molar-refractivity contribution in [2.24, 2.45) is 0 Å². The third-order valence-corrected chi connectivity index (χ3v) is 14.1. The second kappa shape index (κ2) is 15.9. The van der Waals surface area contributed by atoms with Gasteiger partial charge in [-0.05, 0) is 121 Å². The first kappa shape index (κ1) is 38.0. The number of hydrogen-bond acceptors (Lipinski definition) is 1. The summed E-state index contributed by atoms with van der Waals surface area (Å²) >= 11 is 0. The maximum absolute atomic E-state index is 2.55. The van der Waals surface area contributed by atoms with E-state index in [0.717, 1.165) is 11.4 Å². The molecule has 1 fully saturated rings. The molecule has 1 saturated carbocycles. The molecule has 1 spiro atoms. The van der Waals surface area contributed by atoms with Crippen molar-refractivity contribution in [3.63, 3.8) is 0 Å². The minimum Gasteiger partial charge on any atom is -0.309 e. The van der Waals surface area contributed by atoms with Gasteiger partial charge in [0.05, 0.1) is 11.4 Å². The van der Waals surface area contributed by atoms with Gasteiger partial charge in [0.2, 0.25) is 0 Å². The van der Waals surface area contributed by atoms with Gasteiger partial charge in [-0.3, -0.25) is 0 Å². The summed E-state index contributed by atoms with van der Waals surface area (Å²) in [6.45, 7) is 0. The van der Waals surface area contributed by atoms with Crippen LogP contribution in [0.15, 0.2) is 237 Å². The van der Waals surface area contributed by atoms with E-state index in [1.807, 2.05) is 0 Å². The Hall–Kier alpha value is -7.74. The standard InChI is InChI=1S/C63H47N/c1-2-18-48(19-3-1)52-21-6-7-22-53(52)54-23-8-9-24-55(54)56-25-11-13-29-60(56)64(61-30-16-28-59-62(61)57-26-10-12-27-58(57)63(59)41-14-15-42-63)51-39-37-46(38-40-51)45-31-33-47(34-32-45)50-36-35-44-17-4-5-20-49(44)43-50/h1-13,16-40,43H,14-15,41-42H2. The highest BCUT2D eigenvalue weighted by atomic mass is 15.1. The van der Waals surface area contributed by atoms with Crippen LogP contribution in [0.1, 0.15) is 36.8 Å². The highest BCUT2D eigenvalue weighted by molar-refractivity contribution is 6.01. The van der Waals surface area contributed by atoms with Crippen LogP contribution in [0.4, 0.5) is 17.1 Å². The van der Waals surface area contributed by atoms with E-state index in [2.05, 4.69) is 241 Å². The fourth-order valence-corrected chi connectivity index (χ4v) is 11.1. The van der Waals surface area contributed by atoms with E-state index in [9.17, 15) is 0 Å². The highest BCUT2D eigenvalue weighted by Crippen LogP contribution is 2.60. The molecule has 10 aromatic rings. The molecule has 2 aliphatic carbocycles. The number of fused-ring (bicyclic) bond motifs is 6. The summed E-state index contributed by atoms with van der Waals surface area (Å²) in [6, 6.07) is 87.6. The van der Waals surface area contributed by atoms with Gasteiger partial charge in [-0.2, -0.15) is 0 Å². The van der Waals surface area contributed by atoms with Gasteiger partial charge in [0.15, 0.2) is 0 Å².